The van der Waals surface area contributed by atoms with Gasteiger partial charge in [-0.2, -0.15) is 0 Å². The van der Waals surface area contributed by atoms with Crippen molar-refractivity contribution in [2.45, 2.75) is 26.4 Å². The number of carbonyl (C=O) groups is 1. The summed E-state index contributed by atoms with van der Waals surface area (Å²) >= 11 is 0. The fourth-order valence-corrected chi connectivity index (χ4v) is 3.64. The SMILES string of the molecule is CC(=O)c1ccc(C)cc1OC1CCS(=O)(=O)C1. The zero-order valence-electron chi connectivity index (χ0n) is 10.5. The highest BCUT2D eigenvalue weighted by Crippen LogP contribution is 2.25. The van der Waals surface area contributed by atoms with Crippen molar-refractivity contribution < 1.29 is 17.9 Å². The van der Waals surface area contributed by atoms with Gasteiger partial charge in [-0.25, -0.2) is 8.42 Å². The third-order valence-corrected chi connectivity index (χ3v) is 4.74. The lowest BCUT2D eigenvalue weighted by molar-refractivity contribution is 0.101. The molecule has 0 aromatic heterocycles. The molecule has 0 aliphatic carbocycles. The maximum absolute atomic E-state index is 11.5. The second-order valence-electron chi connectivity index (χ2n) is 4.70. The molecule has 1 unspecified atom stereocenters. The van der Waals surface area contributed by atoms with Crippen molar-refractivity contribution in [3.63, 3.8) is 0 Å². The van der Waals surface area contributed by atoms with E-state index in [0.717, 1.165) is 5.56 Å². The van der Waals surface area contributed by atoms with Crippen LogP contribution in [-0.4, -0.2) is 31.8 Å². The van der Waals surface area contributed by atoms with Gasteiger partial charge in [-0.05, 0) is 38.0 Å². The molecule has 1 saturated heterocycles. The molecule has 1 heterocycles. The second kappa shape index (κ2) is 4.72. The van der Waals surface area contributed by atoms with Gasteiger partial charge in [0.2, 0.25) is 0 Å². The van der Waals surface area contributed by atoms with E-state index in [-0.39, 0.29) is 23.4 Å². The Morgan fingerprint density at radius 2 is 2.11 bits per heavy atom. The molecule has 18 heavy (non-hydrogen) atoms. The minimum Gasteiger partial charge on any atom is -0.489 e. The van der Waals surface area contributed by atoms with E-state index in [2.05, 4.69) is 0 Å². The quantitative estimate of drug-likeness (QED) is 0.784. The molecular weight excluding hydrogens is 252 g/mol. The summed E-state index contributed by atoms with van der Waals surface area (Å²) in [6, 6.07) is 5.34. The average Bonchev–Trinajstić information content (AvgIpc) is 2.57. The van der Waals surface area contributed by atoms with Crippen LogP contribution in [0.25, 0.3) is 0 Å². The van der Waals surface area contributed by atoms with Crippen LogP contribution in [0.4, 0.5) is 0 Å². The van der Waals surface area contributed by atoms with E-state index in [1.807, 2.05) is 13.0 Å². The molecule has 1 fully saturated rings. The first kappa shape index (κ1) is 13.1. The van der Waals surface area contributed by atoms with Gasteiger partial charge in [-0.3, -0.25) is 4.79 Å². The van der Waals surface area contributed by atoms with Gasteiger partial charge in [0.05, 0.1) is 17.1 Å². The smallest absolute Gasteiger partial charge is 0.163 e. The minimum atomic E-state index is -2.97. The normalized spacial score (nSPS) is 21.8. The van der Waals surface area contributed by atoms with Gasteiger partial charge >= 0.3 is 0 Å². The molecule has 0 N–H and O–H groups in total. The molecule has 0 saturated carbocycles. The maximum Gasteiger partial charge on any atom is 0.163 e. The molecule has 1 atom stereocenters. The molecule has 0 radical (unpaired) electrons. The van der Waals surface area contributed by atoms with Crippen molar-refractivity contribution in [3.8, 4) is 5.75 Å². The highest BCUT2D eigenvalue weighted by atomic mass is 32.2. The minimum absolute atomic E-state index is 0.0400. The van der Waals surface area contributed by atoms with Crippen LogP contribution in [0.5, 0.6) is 5.75 Å². The third kappa shape index (κ3) is 2.90. The van der Waals surface area contributed by atoms with Crippen molar-refractivity contribution in [1.82, 2.24) is 0 Å². The van der Waals surface area contributed by atoms with Gasteiger partial charge in [-0.1, -0.05) is 6.07 Å². The number of carbonyl (C=O) groups excluding carboxylic acids is 1. The first-order chi connectivity index (χ1) is 8.37. The van der Waals surface area contributed by atoms with Gasteiger partial charge in [0.1, 0.15) is 11.9 Å². The fraction of sp³-hybridized carbons (Fsp3) is 0.462. The number of sulfone groups is 1. The lowest BCUT2D eigenvalue weighted by atomic mass is 10.1. The van der Waals surface area contributed by atoms with Crippen LogP contribution in [0, 0.1) is 6.92 Å². The van der Waals surface area contributed by atoms with E-state index < -0.39 is 9.84 Å². The molecule has 1 aliphatic heterocycles. The van der Waals surface area contributed by atoms with Gasteiger partial charge in [0.15, 0.2) is 15.6 Å². The van der Waals surface area contributed by atoms with Crippen molar-refractivity contribution in [2.75, 3.05) is 11.5 Å². The topological polar surface area (TPSA) is 60.4 Å². The van der Waals surface area contributed by atoms with Crippen LogP contribution < -0.4 is 4.74 Å². The Balaban J connectivity index is 2.23. The highest BCUT2D eigenvalue weighted by molar-refractivity contribution is 7.91. The Hall–Kier alpha value is -1.36. The van der Waals surface area contributed by atoms with Crippen LogP contribution in [0.15, 0.2) is 18.2 Å². The molecular formula is C13H16O4S. The van der Waals surface area contributed by atoms with Gasteiger partial charge < -0.3 is 4.74 Å². The number of hydrogen-bond donors (Lipinski definition) is 0. The summed E-state index contributed by atoms with van der Waals surface area (Å²) in [6.45, 7) is 3.38. The van der Waals surface area contributed by atoms with E-state index in [1.54, 1.807) is 12.1 Å². The van der Waals surface area contributed by atoms with Crippen LogP contribution in [0.2, 0.25) is 0 Å². The molecule has 4 nitrogen and oxygen atoms in total. The first-order valence-corrected chi connectivity index (χ1v) is 7.68. The Morgan fingerprint density at radius 1 is 1.39 bits per heavy atom. The van der Waals surface area contributed by atoms with E-state index in [0.29, 0.717) is 17.7 Å². The van der Waals surface area contributed by atoms with Gasteiger partial charge in [0, 0.05) is 0 Å². The van der Waals surface area contributed by atoms with Crippen LogP contribution in [0.3, 0.4) is 0 Å². The Labute approximate surface area is 107 Å². The molecule has 1 aromatic rings. The fourth-order valence-electron chi connectivity index (χ4n) is 2.05. The van der Waals surface area contributed by atoms with E-state index >= 15 is 0 Å². The van der Waals surface area contributed by atoms with Crippen molar-refractivity contribution in [1.29, 1.82) is 0 Å². The van der Waals surface area contributed by atoms with E-state index in [4.69, 9.17) is 4.74 Å². The monoisotopic (exact) mass is 268 g/mol. The zero-order valence-corrected chi connectivity index (χ0v) is 11.3. The lowest BCUT2D eigenvalue weighted by Gasteiger charge is -2.15. The predicted octanol–water partition coefficient (Wildman–Crippen LogP) is 1.76. The summed E-state index contributed by atoms with van der Waals surface area (Å²) in [7, 11) is -2.97. The van der Waals surface area contributed by atoms with E-state index in [1.165, 1.54) is 6.92 Å². The number of rotatable bonds is 3. The molecule has 0 spiro atoms. The standard InChI is InChI=1S/C13H16O4S/c1-9-3-4-12(10(2)14)13(7-9)17-11-5-6-18(15,16)8-11/h3-4,7,11H,5-6,8H2,1-2H3. The van der Waals surface area contributed by atoms with Gasteiger partial charge in [0.25, 0.3) is 0 Å². The summed E-state index contributed by atoms with van der Waals surface area (Å²) in [5, 5.41) is 0. The van der Waals surface area contributed by atoms with E-state index in [9.17, 15) is 13.2 Å². The summed E-state index contributed by atoms with van der Waals surface area (Å²) in [5.74, 6) is 0.618. The van der Waals surface area contributed by atoms with Crippen molar-refractivity contribution >= 4 is 15.6 Å². The maximum atomic E-state index is 11.5. The first-order valence-electron chi connectivity index (χ1n) is 5.86. The summed E-state index contributed by atoms with van der Waals surface area (Å²) in [6.07, 6.45) is 0.156. The molecule has 2 rings (SSSR count). The summed E-state index contributed by atoms with van der Waals surface area (Å²) < 4.78 is 28.4. The third-order valence-electron chi connectivity index (χ3n) is 3.00. The van der Waals surface area contributed by atoms with Crippen LogP contribution in [-0.2, 0) is 9.84 Å². The molecule has 0 bridgehead atoms. The number of ether oxygens (including phenoxy) is 1. The van der Waals surface area contributed by atoms with Crippen LogP contribution >= 0.6 is 0 Å². The second-order valence-corrected chi connectivity index (χ2v) is 6.93. The van der Waals surface area contributed by atoms with Crippen molar-refractivity contribution in [3.05, 3.63) is 29.3 Å². The summed E-state index contributed by atoms with van der Waals surface area (Å²) in [5.41, 5.74) is 1.49. The summed E-state index contributed by atoms with van der Waals surface area (Å²) in [4.78, 5) is 11.5. The Kier molecular flexibility index (Phi) is 3.43. The predicted molar refractivity (Wildman–Crippen MR) is 68.9 cm³/mol. The van der Waals surface area contributed by atoms with Crippen molar-refractivity contribution in [2.24, 2.45) is 0 Å². The lowest BCUT2D eigenvalue weighted by Crippen LogP contribution is -2.19. The number of hydrogen-bond acceptors (Lipinski definition) is 4. The number of benzene rings is 1. The zero-order chi connectivity index (χ0) is 13.3. The Bertz CT molecular complexity index is 575. The molecule has 98 valence electrons. The van der Waals surface area contributed by atoms with Crippen LogP contribution in [0.1, 0.15) is 29.3 Å². The molecule has 0 amide bonds. The average molecular weight is 268 g/mol. The Morgan fingerprint density at radius 3 is 2.67 bits per heavy atom. The largest absolute Gasteiger partial charge is 0.489 e. The number of aryl methyl sites for hydroxylation is 1. The number of ketones is 1. The van der Waals surface area contributed by atoms with Gasteiger partial charge in [-0.15, -0.1) is 0 Å². The molecule has 1 aromatic carbocycles. The highest BCUT2D eigenvalue weighted by Gasteiger charge is 2.30. The molecule has 1 aliphatic rings. The molecule has 5 heteroatoms. The number of Topliss-reactive ketones (excluding diaryl/α,β-unsaturated/α-hetero) is 1.